The number of halogens is 2. The number of nitrogens with zero attached hydrogens (tertiary/aromatic N) is 4. The first-order valence-electron chi connectivity index (χ1n) is 5.01. The molecule has 2 heterocycles. The molecule has 2 aromatic rings. The van der Waals surface area contributed by atoms with E-state index in [0.29, 0.717) is 12.2 Å². The van der Waals surface area contributed by atoms with E-state index < -0.39 is 11.9 Å². The maximum Gasteiger partial charge on any atom is 0.141 e. The van der Waals surface area contributed by atoms with Crippen LogP contribution >= 0.6 is 11.6 Å². The first-order chi connectivity index (χ1) is 8.11. The number of aliphatic hydroxyl groups is 1. The van der Waals surface area contributed by atoms with Gasteiger partial charge in [-0.25, -0.2) is 9.37 Å². The molecule has 0 aliphatic heterocycles. The summed E-state index contributed by atoms with van der Waals surface area (Å²) in [5.41, 5.74) is 0.482. The van der Waals surface area contributed by atoms with Gasteiger partial charge in [0, 0.05) is 12.1 Å². The Kier molecular flexibility index (Phi) is 3.35. The van der Waals surface area contributed by atoms with E-state index in [2.05, 4.69) is 15.3 Å². The Morgan fingerprint density at radius 3 is 3.00 bits per heavy atom. The molecule has 0 bridgehead atoms. The zero-order chi connectivity index (χ0) is 12.4. The zero-order valence-corrected chi connectivity index (χ0v) is 9.76. The van der Waals surface area contributed by atoms with Crippen LogP contribution in [0.2, 0.25) is 5.15 Å². The molecular weight excluding hydrogens is 247 g/mol. The number of rotatable bonds is 3. The predicted molar refractivity (Wildman–Crippen MR) is 59.0 cm³/mol. The van der Waals surface area contributed by atoms with Gasteiger partial charge in [-0.3, -0.25) is 4.68 Å². The third kappa shape index (κ3) is 2.42. The highest BCUT2D eigenvalue weighted by atomic mass is 35.5. The van der Waals surface area contributed by atoms with Gasteiger partial charge in [0.1, 0.15) is 22.8 Å². The molecule has 0 radical (unpaired) electrons. The Balaban J connectivity index is 2.35. The monoisotopic (exact) mass is 256 g/mol. The van der Waals surface area contributed by atoms with Crippen molar-refractivity contribution in [3.63, 3.8) is 0 Å². The van der Waals surface area contributed by atoms with Crippen molar-refractivity contribution in [1.82, 2.24) is 20.0 Å². The van der Waals surface area contributed by atoms with Crippen LogP contribution in [0.4, 0.5) is 4.39 Å². The highest BCUT2D eigenvalue weighted by Gasteiger charge is 2.18. The summed E-state index contributed by atoms with van der Waals surface area (Å²) >= 11 is 5.79. The third-order valence-corrected chi connectivity index (χ3v) is 2.60. The van der Waals surface area contributed by atoms with Crippen molar-refractivity contribution < 1.29 is 9.50 Å². The van der Waals surface area contributed by atoms with E-state index in [0.717, 1.165) is 12.3 Å². The molecule has 0 aromatic carbocycles. The molecule has 0 amide bonds. The predicted octanol–water partition coefficient (Wildman–Crippen LogP) is 1.57. The Morgan fingerprint density at radius 2 is 2.35 bits per heavy atom. The SMILES string of the molecule is CCn1cc(C(O)c2cc(F)cnc2Cl)nn1. The van der Waals surface area contributed by atoms with Crippen LogP contribution in [0.15, 0.2) is 18.5 Å². The molecule has 17 heavy (non-hydrogen) atoms. The smallest absolute Gasteiger partial charge is 0.141 e. The first-order valence-corrected chi connectivity index (χ1v) is 5.38. The summed E-state index contributed by atoms with van der Waals surface area (Å²) in [6.45, 7) is 2.52. The van der Waals surface area contributed by atoms with E-state index in [1.54, 1.807) is 10.9 Å². The average molecular weight is 257 g/mol. The largest absolute Gasteiger partial charge is 0.382 e. The molecule has 0 fully saturated rings. The van der Waals surface area contributed by atoms with Gasteiger partial charge in [0.2, 0.25) is 0 Å². The molecule has 2 rings (SSSR count). The van der Waals surface area contributed by atoms with Crippen LogP contribution in [-0.2, 0) is 6.54 Å². The summed E-state index contributed by atoms with van der Waals surface area (Å²) in [4.78, 5) is 3.63. The average Bonchev–Trinajstić information content (AvgIpc) is 2.80. The van der Waals surface area contributed by atoms with Crippen LogP contribution in [-0.4, -0.2) is 25.1 Å². The van der Waals surface area contributed by atoms with Gasteiger partial charge < -0.3 is 5.11 Å². The molecule has 0 aliphatic rings. The lowest BCUT2D eigenvalue weighted by atomic mass is 10.1. The molecule has 7 heteroatoms. The number of hydrogen-bond acceptors (Lipinski definition) is 4. The Labute approximate surface area is 102 Å². The van der Waals surface area contributed by atoms with Gasteiger partial charge in [0.15, 0.2) is 0 Å². The van der Waals surface area contributed by atoms with Crippen molar-refractivity contribution in [2.75, 3.05) is 0 Å². The molecule has 5 nitrogen and oxygen atoms in total. The van der Waals surface area contributed by atoms with Gasteiger partial charge in [-0.2, -0.15) is 0 Å². The van der Waals surface area contributed by atoms with Crippen LogP contribution in [0, 0.1) is 5.82 Å². The molecule has 1 unspecified atom stereocenters. The summed E-state index contributed by atoms with van der Waals surface area (Å²) in [6.07, 6.45) is 1.43. The minimum absolute atomic E-state index is 0.0462. The van der Waals surface area contributed by atoms with E-state index in [1.807, 2.05) is 6.92 Å². The van der Waals surface area contributed by atoms with Gasteiger partial charge in [0.25, 0.3) is 0 Å². The summed E-state index contributed by atoms with van der Waals surface area (Å²) < 4.78 is 14.6. The number of aryl methyl sites for hydroxylation is 1. The molecule has 2 aromatic heterocycles. The fraction of sp³-hybridized carbons (Fsp3) is 0.300. The van der Waals surface area contributed by atoms with Crippen molar-refractivity contribution in [2.45, 2.75) is 19.6 Å². The second-order valence-electron chi connectivity index (χ2n) is 3.44. The normalized spacial score (nSPS) is 12.7. The van der Waals surface area contributed by atoms with E-state index >= 15 is 0 Å². The van der Waals surface area contributed by atoms with Crippen molar-refractivity contribution in [3.8, 4) is 0 Å². The number of hydrogen-bond donors (Lipinski definition) is 1. The molecule has 0 spiro atoms. The van der Waals surface area contributed by atoms with Crippen molar-refractivity contribution >= 4 is 11.6 Å². The molecule has 0 saturated heterocycles. The van der Waals surface area contributed by atoms with Crippen molar-refractivity contribution in [1.29, 1.82) is 0 Å². The Morgan fingerprint density at radius 1 is 1.59 bits per heavy atom. The first kappa shape index (κ1) is 11.9. The highest BCUT2D eigenvalue weighted by Crippen LogP contribution is 2.25. The van der Waals surface area contributed by atoms with Crippen LogP contribution in [0.1, 0.15) is 24.3 Å². The molecule has 1 atom stereocenters. The van der Waals surface area contributed by atoms with E-state index in [1.165, 1.54) is 0 Å². The van der Waals surface area contributed by atoms with E-state index in [9.17, 15) is 9.50 Å². The van der Waals surface area contributed by atoms with Crippen LogP contribution in [0.3, 0.4) is 0 Å². The number of pyridine rings is 1. The standard InChI is InChI=1S/C10H10ClFN4O/c1-2-16-5-8(14-15-16)9(17)7-3-6(12)4-13-10(7)11/h3-5,9,17H,2H2,1H3. The summed E-state index contributed by atoms with van der Waals surface area (Å²) in [5.74, 6) is -0.564. The lowest BCUT2D eigenvalue weighted by Crippen LogP contribution is -2.03. The minimum atomic E-state index is -1.13. The lowest BCUT2D eigenvalue weighted by molar-refractivity contribution is 0.214. The topological polar surface area (TPSA) is 63.8 Å². The molecule has 1 N–H and O–H groups in total. The highest BCUT2D eigenvalue weighted by molar-refractivity contribution is 6.30. The minimum Gasteiger partial charge on any atom is -0.382 e. The number of aliphatic hydroxyl groups excluding tert-OH is 1. The van der Waals surface area contributed by atoms with Gasteiger partial charge >= 0.3 is 0 Å². The fourth-order valence-corrected chi connectivity index (χ4v) is 1.59. The van der Waals surface area contributed by atoms with Gasteiger partial charge in [-0.1, -0.05) is 16.8 Å². The van der Waals surface area contributed by atoms with Crippen molar-refractivity contribution in [3.05, 3.63) is 40.7 Å². The van der Waals surface area contributed by atoms with E-state index in [4.69, 9.17) is 11.6 Å². The summed E-state index contributed by atoms with van der Waals surface area (Å²) in [7, 11) is 0. The van der Waals surface area contributed by atoms with E-state index in [-0.39, 0.29) is 10.7 Å². The maximum absolute atomic E-state index is 13.0. The maximum atomic E-state index is 13.0. The van der Waals surface area contributed by atoms with Gasteiger partial charge in [-0.15, -0.1) is 5.10 Å². The quantitative estimate of drug-likeness (QED) is 0.847. The summed E-state index contributed by atoms with van der Waals surface area (Å²) in [5, 5.41) is 17.6. The second kappa shape index (κ2) is 4.77. The summed E-state index contributed by atoms with van der Waals surface area (Å²) in [6, 6.07) is 1.13. The Bertz CT molecular complexity index is 531. The van der Waals surface area contributed by atoms with Crippen LogP contribution in [0.5, 0.6) is 0 Å². The Hall–Kier alpha value is -1.53. The zero-order valence-electron chi connectivity index (χ0n) is 9.01. The molecular formula is C10H10ClFN4O. The second-order valence-corrected chi connectivity index (χ2v) is 3.79. The van der Waals surface area contributed by atoms with Gasteiger partial charge in [-0.05, 0) is 13.0 Å². The fourth-order valence-electron chi connectivity index (χ4n) is 1.38. The van der Waals surface area contributed by atoms with Crippen LogP contribution < -0.4 is 0 Å². The molecule has 0 aliphatic carbocycles. The molecule has 0 saturated carbocycles. The van der Waals surface area contributed by atoms with Crippen molar-refractivity contribution in [2.24, 2.45) is 0 Å². The lowest BCUT2D eigenvalue weighted by Gasteiger charge is -2.08. The van der Waals surface area contributed by atoms with Crippen LogP contribution in [0.25, 0.3) is 0 Å². The molecule has 90 valence electrons. The number of aromatic nitrogens is 4. The van der Waals surface area contributed by atoms with Gasteiger partial charge in [0.05, 0.1) is 12.4 Å². The third-order valence-electron chi connectivity index (χ3n) is 2.29.